The Morgan fingerprint density at radius 1 is 1.05 bits per heavy atom. The van der Waals surface area contributed by atoms with Crippen molar-refractivity contribution in [2.24, 2.45) is 0 Å². The molecule has 0 saturated heterocycles. The monoisotopic (exact) mass is 290 g/mol. The normalized spacial score (nSPS) is 11.0. The van der Waals surface area contributed by atoms with Crippen molar-refractivity contribution in [3.8, 4) is 28.3 Å². The molecule has 0 amide bonds. The van der Waals surface area contributed by atoms with E-state index in [1.54, 1.807) is 7.11 Å². The zero-order valence-corrected chi connectivity index (χ0v) is 12.0. The van der Waals surface area contributed by atoms with Crippen molar-refractivity contribution in [2.75, 3.05) is 7.11 Å². The first-order chi connectivity index (χ1) is 10.8. The Labute approximate surface area is 127 Å². The van der Waals surface area contributed by atoms with E-state index in [1.807, 2.05) is 48.8 Å². The van der Waals surface area contributed by atoms with E-state index in [0.717, 1.165) is 39.3 Å². The van der Waals surface area contributed by atoms with Crippen molar-refractivity contribution >= 4 is 11.0 Å². The highest BCUT2D eigenvalue weighted by Crippen LogP contribution is 2.29. The van der Waals surface area contributed by atoms with E-state index in [-0.39, 0.29) is 0 Å². The Balaban J connectivity index is 1.83. The van der Waals surface area contributed by atoms with Gasteiger partial charge in [0.25, 0.3) is 0 Å². The van der Waals surface area contributed by atoms with Gasteiger partial charge in [0.15, 0.2) is 5.65 Å². The van der Waals surface area contributed by atoms with E-state index >= 15 is 0 Å². The number of nitrogens with zero attached hydrogens (tertiary/aromatic N) is 2. The van der Waals surface area contributed by atoms with Crippen LogP contribution in [0.3, 0.4) is 0 Å². The molecule has 0 fully saturated rings. The second-order valence-corrected chi connectivity index (χ2v) is 5.00. The molecule has 0 bridgehead atoms. The predicted octanol–water partition coefficient (Wildman–Crippen LogP) is 3.63. The minimum atomic E-state index is 0.780. The van der Waals surface area contributed by atoms with Gasteiger partial charge in [0.05, 0.1) is 12.8 Å². The minimum Gasteiger partial charge on any atom is -0.497 e. The number of rotatable bonds is 3. The summed E-state index contributed by atoms with van der Waals surface area (Å²) in [6.45, 7) is 0. The fourth-order valence-electron chi connectivity index (χ4n) is 2.53. The first kappa shape index (κ1) is 12.6. The molecule has 22 heavy (non-hydrogen) atoms. The number of nitrogens with one attached hydrogen (secondary N) is 2. The molecule has 0 atom stereocenters. The summed E-state index contributed by atoms with van der Waals surface area (Å²) in [5.41, 5.74) is 4.77. The van der Waals surface area contributed by atoms with E-state index in [0.29, 0.717) is 0 Å². The van der Waals surface area contributed by atoms with Crippen LogP contribution >= 0.6 is 0 Å². The summed E-state index contributed by atoms with van der Waals surface area (Å²) in [7, 11) is 1.66. The number of pyridine rings is 1. The van der Waals surface area contributed by atoms with Gasteiger partial charge in [-0.2, -0.15) is 5.10 Å². The van der Waals surface area contributed by atoms with E-state index in [2.05, 4.69) is 26.2 Å². The molecule has 0 aliphatic heterocycles. The number of ether oxygens (including phenoxy) is 1. The lowest BCUT2D eigenvalue weighted by Crippen LogP contribution is -1.85. The summed E-state index contributed by atoms with van der Waals surface area (Å²) < 4.78 is 5.20. The summed E-state index contributed by atoms with van der Waals surface area (Å²) in [6, 6.07) is 14.0. The molecule has 0 radical (unpaired) electrons. The maximum absolute atomic E-state index is 5.20. The Bertz CT molecular complexity index is 908. The Hall–Kier alpha value is -3.08. The highest BCUT2D eigenvalue weighted by molar-refractivity contribution is 5.92. The third-order valence-electron chi connectivity index (χ3n) is 3.69. The van der Waals surface area contributed by atoms with Crippen LogP contribution in [-0.4, -0.2) is 27.3 Å². The summed E-state index contributed by atoms with van der Waals surface area (Å²) >= 11 is 0. The molecule has 4 aromatic rings. The average Bonchev–Trinajstić information content (AvgIpc) is 3.23. The first-order valence-corrected chi connectivity index (χ1v) is 6.97. The molecule has 2 N–H and O–H groups in total. The van der Waals surface area contributed by atoms with Crippen molar-refractivity contribution in [3.05, 3.63) is 54.9 Å². The number of hydrogen-bond acceptors (Lipinski definition) is 3. The molecular weight excluding hydrogens is 276 g/mol. The van der Waals surface area contributed by atoms with Gasteiger partial charge >= 0.3 is 0 Å². The Morgan fingerprint density at radius 3 is 2.64 bits per heavy atom. The summed E-state index contributed by atoms with van der Waals surface area (Å²) in [4.78, 5) is 7.65. The van der Waals surface area contributed by atoms with Crippen LogP contribution in [0.4, 0.5) is 0 Å². The molecule has 5 nitrogen and oxygen atoms in total. The minimum absolute atomic E-state index is 0.780. The SMILES string of the molecule is COc1ccc(-c2cnc3[nH]nc(-c4ccc[nH]4)c3c2)cc1. The van der Waals surface area contributed by atoms with Gasteiger partial charge in [-0.1, -0.05) is 12.1 Å². The van der Waals surface area contributed by atoms with Crippen LogP contribution in [0.5, 0.6) is 5.75 Å². The maximum Gasteiger partial charge on any atom is 0.155 e. The molecular formula is C17H14N4O. The number of H-pyrrole nitrogens is 2. The number of hydrogen-bond donors (Lipinski definition) is 2. The third-order valence-corrected chi connectivity index (χ3v) is 3.69. The average molecular weight is 290 g/mol. The number of fused-ring (bicyclic) bond motifs is 1. The highest BCUT2D eigenvalue weighted by Gasteiger charge is 2.11. The third kappa shape index (κ3) is 2.03. The maximum atomic E-state index is 5.20. The Kier molecular flexibility index (Phi) is 2.89. The molecule has 3 aromatic heterocycles. The molecule has 0 aliphatic carbocycles. The smallest absolute Gasteiger partial charge is 0.155 e. The lowest BCUT2D eigenvalue weighted by molar-refractivity contribution is 0.415. The van der Waals surface area contributed by atoms with Gasteiger partial charge in [-0.3, -0.25) is 5.10 Å². The van der Waals surface area contributed by atoms with Crippen molar-refractivity contribution in [1.82, 2.24) is 20.2 Å². The number of aromatic nitrogens is 4. The van der Waals surface area contributed by atoms with Crippen LogP contribution in [0.2, 0.25) is 0 Å². The molecule has 0 spiro atoms. The highest BCUT2D eigenvalue weighted by atomic mass is 16.5. The number of benzene rings is 1. The molecule has 0 unspecified atom stereocenters. The van der Waals surface area contributed by atoms with E-state index < -0.39 is 0 Å². The molecule has 3 heterocycles. The van der Waals surface area contributed by atoms with Gasteiger partial charge < -0.3 is 9.72 Å². The fourth-order valence-corrected chi connectivity index (χ4v) is 2.53. The first-order valence-electron chi connectivity index (χ1n) is 6.97. The van der Waals surface area contributed by atoms with Gasteiger partial charge in [0.2, 0.25) is 0 Å². The van der Waals surface area contributed by atoms with E-state index in [9.17, 15) is 0 Å². The molecule has 0 saturated carbocycles. The second-order valence-electron chi connectivity index (χ2n) is 5.00. The van der Waals surface area contributed by atoms with E-state index in [4.69, 9.17) is 4.74 Å². The van der Waals surface area contributed by atoms with Crippen LogP contribution in [0.1, 0.15) is 0 Å². The summed E-state index contributed by atoms with van der Waals surface area (Å²) in [5, 5.41) is 8.33. The zero-order chi connectivity index (χ0) is 14.9. The zero-order valence-electron chi connectivity index (χ0n) is 12.0. The molecule has 108 valence electrons. The second kappa shape index (κ2) is 5.04. The lowest BCUT2D eigenvalue weighted by Gasteiger charge is -2.04. The van der Waals surface area contributed by atoms with Crippen LogP contribution in [-0.2, 0) is 0 Å². The van der Waals surface area contributed by atoms with Gasteiger partial charge in [-0.25, -0.2) is 4.98 Å². The number of methoxy groups -OCH3 is 1. The van der Waals surface area contributed by atoms with Crippen molar-refractivity contribution in [3.63, 3.8) is 0 Å². The van der Waals surface area contributed by atoms with Crippen molar-refractivity contribution < 1.29 is 4.74 Å². The molecule has 1 aromatic carbocycles. The molecule has 5 heteroatoms. The van der Waals surface area contributed by atoms with Gasteiger partial charge in [0, 0.05) is 23.3 Å². The Morgan fingerprint density at radius 2 is 1.91 bits per heavy atom. The molecule has 4 rings (SSSR count). The van der Waals surface area contributed by atoms with Crippen molar-refractivity contribution in [1.29, 1.82) is 0 Å². The fraction of sp³-hybridized carbons (Fsp3) is 0.0588. The summed E-state index contributed by atoms with van der Waals surface area (Å²) in [6.07, 6.45) is 3.73. The largest absolute Gasteiger partial charge is 0.497 e. The van der Waals surface area contributed by atoms with E-state index in [1.165, 1.54) is 0 Å². The quantitative estimate of drug-likeness (QED) is 0.605. The molecule has 0 aliphatic rings. The van der Waals surface area contributed by atoms with Crippen LogP contribution < -0.4 is 4.74 Å². The van der Waals surface area contributed by atoms with Crippen LogP contribution in [0.25, 0.3) is 33.5 Å². The topological polar surface area (TPSA) is 66.6 Å². The standard InChI is InChI=1S/C17H14N4O/c1-22-13-6-4-11(5-7-13)12-9-14-16(15-3-2-8-18-15)20-21-17(14)19-10-12/h2-10,18H,1H3,(H,19,20,21). The van der Waals surface area contributed by atoms with Crippen molar-refractivity contribution in [2.45, 2.75) is 0 Å². The van der Waals surface area contributed by atoms with Crippen LogP contribution in [0, 0.1) is 0 Å². The van der Waals surface area contributed by atoms with Gasteiger partial charge in [0.1, 0.15) is 11.4 Å². The summed E-state index contributed by atoms with van der Waals surface area (Å²) in [5.74, 6) is 0.841. The van der Waals surface area contributed by atoms with Gasteiger partial charge in [-0.05, 0) is 35.9 Å². The van der Waals surface area contributed by atoms with Crippen LogP contribution in [0.15, 0.2) is 54.9 Å². The van der Waals surface area contributed by atoms with Gasteiger partial charge in [-0.15, -0.1) is 0 Å². The lowest BCUT2D eigenvalue weighted by atomic mass is 10.1. The number of aromatic amines is 2. The predicted molar refractivity (Wildman–Crippen MR) is 85.7 cm³/mol.